The van der Waals surface area contributed by atoms with Crippen molar-refractivity contribution in [2.24, 2.45) is 0 Å². The van der Waals surface area contributed by atoms with Crippen LogP contribution in [0, 0.1) is 23.3 Å². The van der Waals surface area contributed by atoms with Gasteiger partial charge < -0.3 is 0 Å². The van der Waals surface area contributed by atoms with Crippen LogP contribution in [0.4, 0.5) is 39.5 Å². The van der Waals surface area contributed by atoms with Crippen molar-refractivity contribution in [2.75, 3.05) is 0 Å². The van der Waals surface area contributed by atoms with E-state index in [2.05, 4.69) is 0 Å². The van der Waals surface area contributed by atoms with Gasteiger partial charge in [0, 0.05) is 0 Å². The molecule has 0 saturated carbocycles. The molecule has 0 N–H and O–H groups in total. The van der Waals surface area contributed by atoms with Gasteiger partial charge in [0.2, 0.25) is 0 Å². The molecular weight excluding hydrogens is 267 g/mol. The van der Waals surface area contributed by atoms with Gasteiger partial charge in [-0.25, -0.2) is 26.3 Å². The van der Waals surface area contributed by atoms with Crippen molar-refractivity contribution < 1.29 is 39.5 Å². The van der Waals surface area contributed by atoms with E-state index >= 15 is 0 Å². The van der Waals surface area contributed by atoms with Gasteiger partial charge in [-0.3, -0.25) is 0 Å². The maximum atomic E-state index is 12.7. The molecule has 96 valence electrons. The highest BCUT2D eigenvalue weighted by Crippen LogP contribution is 2.41. The van der Waals surface area contributed by atoms with Gasteiger partial charge in [0.05, 0.1) is 5.56 Å². The highest BCUT2D eigenvalue weighted by atomic mass is 19.4. The average molecular weight is 268 g/mol. The molecule has 0 fully saturated rings. The van der Waals surface area contributed by atoms with E-state index in [1.165, 1.54) is 0 Å². The third kappa shape index (κ3) is 2.18. The molecule has 0 aliphatic rings. The van der Waals surface area contributed by atoms with Crippen molar-refractivity contribution in [3.63, 3.8) is 0 Å². The molecule has 0 aliphatic carbocycles. The predicted molar refractivity (Wildman–Crippen MR) is 36.2 cm³/mol. The number of hydrogen-bond donors (Lipinski definition) is 0. The van der Waals surface area contributed by atoms with E-state index in [9.17, 15) is 39.5 Å². The first-order valence-corrected chi connectivity index (χ1v) is 3.80. The standard InChI is InChI=1S/C8HF9/c9-3-1(7(13)14)2(8(15,16)17)4(10)6(12)5(3)11/h7H. The van der Waals surface area contributed by atoms with E-state index in [0.717, 1.165) is 0 Å². The number of rotatable bonds is 1. The minimum absolute atomic E-state index is 2.55. The van der Waals surface area contributed by atoms with Crippen LogP contribution >= 0.6 is 0 Å². The zero-order valence-electron chi connectivity index (χ0n) is 7.48. The normalized spacial score (nSPS) is 12.4. The Hall–Kier alpha value is -1.41. The molecule has 1 aromatic rings. The Bertz CT molecular complexity index is 446. The predicted octanol–water partition coefficient (Wildman–Crippen LogP) is 4.20. The Labute approximate surface area is 87.7 Å². The van der Waals surface area contributed by atoms with Gasteiger partial charge in [-0.1, -0.05) is 0 Å². The summed E-state index contributed by atoms with van der Waals surface area (Å²) in [5.41, 5.74) is -5.39. The highest BCUT2D eigenvalue weighted by molar-refractivity contribution is 5.35. The summed E-state index contributed by atoms with van der Waals surface area (Å²) in [6.07, 6.45) is -9.91. The summed E-state index contributed by atoms with van der Waals surface area (Å²) in [6.45, 7) is 0. The van der Waals surface area contributed by atoms with Crippen LogP contribution < -0.4 is 0 Å². The van der Waals surface area contributed by atoms with E-state index in [1.54, 1.807) is 0 Å². The molecule has 0 spiro atoms. The van der Waals surface area contributed by atoms with Gasteiger partial charge in [0.25, 0.3) is 6.43 Å². The largest absolute Gasteiger partial charge is 0.419 e. The van der Waals surface area contributed by atoms with E-state index in [0.29, 0.717) is 0 Å². The molecular formula is C8HF9. The van der Waals surface area contributed by atoms with Crippen LogP contribution in [-0.4, -0.2) is 0 Å². The molecule has 1 rings (SSSR count). The summed E-state index contributed by atoms with van der Waals surface area (Å²) < 4.78 is 111. The van der Waals surface area contributed by atoms with Crippen LogP contribution in [0.2, 0.25) is 0 Å². The van der Waals surface area contributed by atoms with E-state index in [4.69, 9.17) is 0 Å². The molecule has 0 nitrogen and oxygen atoms in total. The molecule has 0 radical (unpaired) electrons. The Morgan fingerprint density at radius 2 is 1.12 bits per heavy atom. The summed E-state index contributed by atoms with van der Waals surface area (Å²) in [5.74, 6) is -11.2. The quantitative estimate of drug-likeness (QED) is 0.407. The van der Waals surface area contributed by atoms with E-state index < -0.39 is 47.0 Å². The lowest BCUT2D eigenvalue weighted by Crippen LogP contribution is -2.17. The number of alkyl halides is 5. The molecule has 0 bridgehead atoms. The lowest BCUT2D eigenvalue weighted by molar-refractivity contribution is -0.142. The smallest absolute Gasteiger partial charge is 0.205 e. The van der Waals surface area contributed by atoms with Crippen molar-refractivity contribution in [3.8, 4) is 0 Å². The second kappa shape index (κ2) is 4.11. The van der Waals surface area contributed by atoms with Gasteiger partial charge in [0.15, 0.2) is 23.3 Å². The van der Waals surface area contributed by atoms with Crippen molar-refractivity contribution in [1.82, 2.24) is 0 Å². The van der Waals surface area contributed by atoms with E-state index in [-0.39, 0.29) is 0 Å². The fraction of sp³-hybridized carbons (Fsp3) is 0.250. The van der Waals surface area contributed by atoms with Crippen molar-refractivity contribution in [2.45, 2.75) is 12.6 Å². The van der Waals surface area contributed by atoms with Crippen LogP contribution in [-0.2, 0) is 6.18 Å². The first kappa shape index (κ1) is 13.7. The number of halogens is 9. The minimum atomic E-state index is -5.77. The molecule has 1 aromatic carbocycles. The van der Waals surface area contributed by atoms with Crippen LogP contribution in [0.3, 0.4) is 0 Å². The Morgan fingerprint density at radius 1 is 0.706 bits per heavy atom. The topological polar surface area (TPSA) is 0 Å². The van der Waals surface area contributed by atoms with Crippen molar-refractivity contribution in [3.05, 3.63) is 34.4 Å². The Morgan fingerprint density at radius 3 is 1.47 bits per heavy atom. The van der Waals surface area contributed by atoms with Gasteiger partial charge in [-0.05, 0) is 0 Å². The zero-order chi connectivity index (χ0) is 13.5. The van der Waals surface area contributed by atoms with Crippen LogP contribution in [0.25, 0.3) is 0 Å². The van der Waals surface area contributed by atoms with Crippen LogP contribution in [0.5, 0.6) is 0 Å². The maximum absolute atomic E-state index is 12.7. The second-order valence-electron chi connectivity index (χ2n) is 2.84. The molecule has 0 heterocycles. The zero-order valence-corrected chi connectivity index (χ0v) is 7.48. The van der Waals surface area contributed by atoms with Gasteiger partial charge in [-0.2, -0.15) is 13.2 Å². The first-order valence-electron chi connectivity index (χ1n) is 3.80. The van der Waals surface area contributed by atoms with Crippen LogP contribution in [0.1, 0.15) is 17.6 Å². The van der Waals surface area contributed by atoms with Crippen LogP contribution in [0.15, 0.2) is 0 Å². The fourth-order valence-electron chi connectivity index (χ4n) is 1.13. The number of benzene rings is 1. The maximum Gasteiger partial charge on any atom is 0.419 e. The molecule has 0 atom stereocenters. The summed E-state index contributed by atoms with van der Waals surface area (Å²) >= 11 is 0. The Balaban J connectivity index is 3.79. The first-order chi connectivity index (χ1) is 7.59. The lowest BCUT2D eigenvalue weighted by Gasteiger charge is -2.15. The summed E-state index contributed by atoms with van der Waals surface area (Å²) in [5, 5.41) is 0. The van der Waals surface area contributed by atoms with Gasteiger partial charge in [-0.15, -0.1) is 0 Å². The summed E-state index contributed by atoms with van der Waals surface area (Å²) in [6, 6.07) is 0. The van der Waals surface area contributed by atoms with Crippen molar-refractivity contribution >= 4 is 0 Å². The highest BCUT2D eigenvalue weighted by Gasteiger charge is 2.44. The van der Waals surface area contributed by atoms with Gasteiger partial charge >= 0.3 is 6.18 Å². The minimum Gasteiger partial charge on any atom is -0.205 e. The lowest BCUT2D eigenvalue weighted by atomic mass is 10.0. The monoisotopic (exact) mass is 268 g/mol. The molecule has 9 heteroatoms. The summed E-state index contributed by atoms with van der Waals surface area (Å²) in [4.78, 5) is 0. The molecule has 0 unspecified atom stereocenters. The number of hydrogen-bond acceptors (Lipinski definition) is 0. The van der Waals surface area contributed by atoms with Gasteiger partial charge in [0.1, 0.15) is 5.56 Å². The molecule has 0 amide bonds. The Kier molecular flexibility index (Phi) is 3.30. The molecule has 0 aliphatic heterocycles. The van der Waals surface area contributed by atoms with E-state index in [1.807, 2.05) is 0 Å². The average Bonchev–Trinajstić information content (AvgIpc) is 2.17. The molecule has 17 heavy (non-hydrogen) atoms. The SMILES string of the molecule is Fc1c(F)c(F)c(C(F)(F)F)c(C(F)F)c1F. The third-order valence-electron chi connectivity index (χ3n) is 1.81. The fourth-order valence-corrected chi connectivity index (χ4v) is 1.13. The van der Waals surface area contributed by atoms with Crippen molar-refractivity contribution in [1.29, 1.82) is 0 Å². The summed E-state index contributed by atoms with van der Waals surface area (Å²) in [7, 11) is 0. The molecule has 0 aromatic heterocycles. The third-order valence-corrected chi connectivity index (χ3v) is 1.81. The second-order valence-corrected chi connectivity index (χ2v) is 2.84. The molecule has 0 saturated heterocycles.